The minimum Gasteiger partial charge on any atom is -0.497 e. The number of hydrogen-bond donors (Lipinski definition) is 1. The molecule has 0 atom stereocenters. The minimum absolute atomic E-state index is 0.0224. The fourth-order valence-corrected chi connectivity index (χ4v) is 2.76. The molecule has 4 nitrogen and oxygen atoms in total. The normalized spacial score (nSPS) is 10.8. The Morgan fingerprint density at radius 2 is 1.86 bits per heavy atom. The summed E-state index contributed by atoms with van der Waals surface area (Å²) in [7, 11) is 1.60. The summed E-state index contributed by atoms with van der Waals surface area (Å²) in [5, 5.41) is 11.8. The summed E-state index contributed by atoms with van der Waals surface area (Å²) in [5.74, 6) is 0.731. The van der Waals surface area contributed by atoms with Gasteiger partial charge in [0, 0.05) is 15.9 Å². The predicted molar refractivity (Wildman–Crippen MR) is 89.7 cm³/mol. The first kappa shape index (κ1) is 14.7. The van der Waals surface area contributed by atoms with Gasteiger partial charge in [-0.3, -0.25) is 9.36 Å². The van der Waals surface area contributed by atoms with Gasteiger partial charge in [0.2, 0.25) is 5.88 Å². The van der Waals surface area contributed by atoms with Crippen LogP contribution in [0.2, 0.25) is 0 Å². The highest BCUT2D eigenvalue weighted by Crippen LogP contribution is 2.26. The maximum absolute atomic E-state index is 12.3. The van der Waals surface area contributed by atoms with Gasteiger partial charge in [0.1, 0.15) is 5.75 Å². The largest absolute Gasteiger partial charge is 0.497 e. The average Bonchev–Trinajstić information content (AvgIpc) is 2.51. The second-order valence-corrected chi connectivity index (χ2v) is 5.89. The zero-order chi connectivity index (χ0) is 15.7. The third kappa shape index (κ3) is 2.72. The quantitative estimate of drug-likeness (QED) is 0.778. The minimum atomic E-state index is -0.237. The van der Waals surface area contributed by atoms with E-state index in [1.807, 2.05) is 36.4 Å². The van der Waals surface area contributed by atoms with Crippen LogP contribution in [0.1, 0.15) is 5.56 Å². The highest BCUT2D eigenvalue weighted by atomic mass is 79.9. The molecule has 0 bridgehead atoms. The van der Waals surface area contributed by atoms with Crippen molar-refractivity contribution in [1.82, 2.24) is 4.57 Å². The molecule has 0 saturated carbocycles. The van der Waals surface area contributed by atoms with Crippen molar-refractivity contribution >= 4 is 26.7 Å². The standard InChI is InChI=1S/C17H14BrNO3/c1-22-14-5-2-11(3-6-14)10-19-16(20)9-12-8-13(18)4-7-15(12)17(19)21/h2-9,21H,10H2,1H3. The van der Waals surface area contributed by atoms with E-state index in [1.165, 1.54) is 10.6 Å². The zero-order valence-electron chi connectivity index (χ0n) is 11.9. The summed E-state index contributed by atoms with van der Waals surface area (Å²) in [6, 6.07) is 14.4. The molecular formula is C17H14BrNO3. The lowest BCUT2D eigenvalue weighted by Crippen LogP contribution is -2.19. The topological polar surface area (TPSA) is 51.5 Å². The molecule has 3 aromatic rings. The number of rotatable bonds is 3. The SMILES string of the molecule is COc1ccc(Cn2c(O)c3ccc(Br)cc3cc2=O)cc1. The second-order valence-electron chi connectivity index (χ2n) is 4.97. The number of hydrogen-bond acceptors (Lipinski definition) is 3. The van der Waals surface area contributed by atoms with Crippen molar-refractivity contribution in [3.05, 3.63) is 68.9 Å². The lowest BCUT2D eigenvalue weighted by Gasteiger charge is -2.11. The van der Waals surface area contributed by atoms with E-state index in [-0.39, 0.29) is 11.4 Å². The number of benzene rings is 2. The Balaban J connectivity index is 2.06. The summed E-state index contributed by atoms with van der Waals surface area (Å²) in [4.78, 5) is 12.3. The van der Waals surface area contributed by atoms with Crippen LogP contribution < -0.4 is 10.3 Å². The van der Waals surface area contributed by atoms with Crippen LogP contribution in [0.3, 0.4) is 0 Å². The summed E-state index contributed by atoms with van der Waals surface area (Å²) < 4.78 is 7.34. The van der Waals surface area contributed by atoms with Crippen molar-refractivity contribution in [3.8, 4) is 11.6 Å². The molecule has 1 N–H and O–H groups in total. The summed E-state index contributed by atoms with van der Waals surface area (Å²) in [6.07, 6.45) is 0. The molecule has 1 heterocycles. The van der Waals surface area contributed by atoms with Crippen molar-refractivity contribution in [1.29, 1.82) is 0 Å². The molecule has 0 fully saturated rings. The van der Waals surface area contributed by atoms with Crippen molar-refractivity contribution < 1.29 is 9.84 Å². The van der Waals surface area contributed by atoms with Gasteiger partial charge in [-0.05, 0) is 41.3 Å². The maximum atomic E-state index is 12.3. The first-order valence-electron chi connectivity index (χ1n) is 6.73. The molecule has 22 heavy (non-hydrogen) atoms. The Bertz CT molecular complexity index is 885. The summed E-state index contributed by atoms with van der Waals surface area (Å²) >= 11 is 3.37. The van der Waals surface area contributed by atoms with Gasteiger partial charge in [0.15, 0.2) is 0 Å². The maximum Gasteiger partial charge on any atom is 0.254 e. The fraction of sp³-hybridized carbons (Fsp3) is 0.118. The van der Waals surface area contributed by atoms with E-state index >= 15 is 0 Å². The first-order chi connectivity index (χ1) is 10.6. The van der Waals surface area contributed by atoms with Gasteiger partial charge in [-0.25, -0.2) is 0 Å². The van der Waals surface area contributed by atoms with Crippen molar-refractivity contribution in [2.24, 2.45) is 0 Å². The monoisotopic (exact) mass is 359 g/mol. The zero-order valence-corrected chi connectivity index (χ0v) is 13.5. The molecule has 112 valence electrons. The molecule has 0 amide bonds. The van der Waals surface area contributed by atoms with Crippen LogP contribution in [0, 0.1) is 0 Å². The van der Waals surface area contributed by atoms with Gasteiger partial charge in [-0.1, -0.05) is 28.1 Å². The summed E-state index contributed by atoms with van der Waals surface area (Å²) in [5.41, 5.74) is 0.675. The van der Waals surface area contributed by atoms with Crippen LogP contribution in [0.15, 0.2) is 57.8 Å². The van der Waals surface area contributed by atoms with E-state index in [4.69, 9.17) is 4.74 Å². The Labute approximate surface area is 135 Å². The van der Waals surface area contributed by atoms with Crippen molar-refractivity contribution in [3.63, 3.8) is 0 Å². The van der Waals surface area contributed by atoms with Gasteiger partial charge < -0.3 is 9.84 Å². The molecule has 0 aliphatic heterocycles. The van der Waals surface area contributed by atoms with Gasteiger partial charge >= 0.3 is 0 Å². The van der Waals surface area contributed by atoms with E-state index in [0.29, 0.717) is 17.3 Å². The smallest absolute Gasteiger partial charge is 0.254 e. The van der Waals surface area contributed by atoms with E-state index < -0.39 is 0 Å². The molecule has 0 aliphatic carbocycles. The van der Waals surface area contributed by atoms with Gasteiger partial charge in [0.05, 0.1) is 13.7 Å². The van der Waals surface area contributed by atoms with Crippen LogP contribution in [0.25, 0.3) is 10.8 Å². The molecule has 1 aromatic heterocycles. The van der Waals surface area contributed by atoms with Crippen LogP contribution in [-0.4, -0.2) is 16.8 Å². The van der Waals surface area contributed by atoms with Crippen LogP contribution in [0.4, 0.5) is 0 Å². The molecule has 0 spiro atoms. The second kappa shape index (κ2) is 5.85. The van der Waals surface area contributed by atoms with E-state index in [0.717, 1.165) is 15.8 Å². The average molecular weight is 360 g/mol. The molecule has 3 rings (SSSR count). The van der Waals surface area contributed by atoms with Gasteiger partial charge in [-0.2, -0.15) is 0 Å². The number of aromatic hydroxyl groups is 1. The number of nitrogens with zero attached hydrogens (tertiary/aromatic N) is 1. The Hall–Kier alpha value is -2.27. The van der Waals surface area contributed by atoms with Gasteiger partial charge in [-0.15, -0.1) is 0 Å². The van der Waals surface area contributed by atoms with E-state index in [9.17, 15) is 9.90 Å². The predicted octanol–water partition coefficient (Wildman–Crippen LogP) is 3.53. The lowest BCUT2D eigenvalue weighted by atomic mass is 10.1. The molecule has 0 radical (unpaired) electrons. The number of aromatic nitrogens is 1. The van der Waals surface area contributed by atoms with Crippen molar-refractivity contribution in [2.75, 3.05) is 7.11 Å². The van der Waals surface area contributed by atoms with Crippen molar-refractivity contribution in [2.45, 2.75) is 6.54 Å². The third-order valence-electron chi connectivity index (χ3n) is 3.55. The van der Waals surface area contributed by atoms with E-state index in [1.54, 1.807) is 13.2 Å². The summed E-state index contributed by atoms with van der Waals surface area (Å²) in [6.45, 7) is 0.306. The first-order valence-corrected chi connectivity index (χ1v) is 7.53. The molecule has 0 unspecified atom stereocenters. The van der Waals surface area contributed by atoms with Crippen LogP contribution >= 0.6 is 15.9 Å². The molecule has 2 aromatic carbocycles. The highest BCUT2D eigenvalue weighted by molar-refractivity contribution is 9.10. The Kier molecular flexibility index (Phi) is 3.90. The number of halogens is 1. The Morgan fingerprint density at radius 3 is 2.55 bits per heavy atom. The number of ether oxygens (including phenoxy) is 1. The number of methoxy groups -OCH3 is 1. The Morgan fingerprint density at radius 1 is 1.14 bits per heavy atom. The van der Waals surface area contributed by atoms with Crippen LogP contribution in [-0.2, 0) is 6.54 Å². The molecule has 0 aliphatic rings. The number of fused-ring (bicyclic) bond motifs is 1. The third-order valence-corrected chi connectivity index (χ3v) is 4.05. The number of pyridine rings is 1. The van der Waals surface area contributed by atoms with E-state index in [2.05, 4.69) is 15.9 Å². The highest BCUT2D eigenvalue weighted by Gasteiger charge is 2.10. The molecule has 0 saturated heterocycles. The lowest BCUT2D eigenvalue weighted by molar-refractivity contribution is 0.414. The molecule has 5 heteroatoms. The van der Waals surface area contributed by atoms with Crippen LogP contribution in [0.5, 0.6) is 11.6 Å². The van der Waals surface area contributed by atoms with Gasteiger partial charge in [0.25, 0.3) is 5.56 Å². The fourth-order valence-electron chi connectivity index (χ4n) is 2.38. The molecular weight excluding hydrogens is 346 g/mol.